The highest BCUT2D eigenvalue weighted by atomic mass is 32.2. The highest BCUT2D eigenvalue weighted by molar-refractivity contribution is 8.00. The quantitative estimate of drug-likeness (QED) is 0.429. The lowest BCUT2D eigenvalue weighted by Crippen LogP contribution is -2.14. The molecule has 0 spiro atoms. The Morgan fingerprint density at radius 3 is 1.57 bits per heavy atom. The van der Waals surface area contributed by atoms with Gasteiger partial charge in [-0.3, -0.25) is 14.4 Å². The summed E-state index contributed by atoms with van der Waals surface area (Å²) in [4.78, 5) is 37.1. The van der Waals surface area contributed by atoms with Crippen molar-refractivity contribution in [1.82, 2.24) is 0 Å². The number of nitrogens with one attached hydrogen (secondary N) is 2. The molecule has 2 N–H and O–H groups in total. The fourth-order valence-corrected chi connectivity index (χ4v) is 4.63. The van der Waals surface area contributed by atoms with Gasteiger partial charge in [0.1, 0.15) is 0 Å². The highest BCUT2D eigenvalue weighted by Gasteiger charge is 2.27. The standard InChI is InChI=1S/C23H26N2O3S2/c1-3-9-29-13-21(26)24-15-5-7-17-18-8-6-16(25-22(27)14-30-10-4-2)12-20(18)23(28)19(17)11-15/h5-8,11-12H,3-4,9-10,13-14H2,1-2H3,(H,24,26)(H,25,27). The molecule has 0 aromatic heterocycles. The van der Waals surface area contributed by atoms with Gasteiger partial charge in [0.25, 0.3) is 0 Å². The summed E-state index contributed by atoms with van der Waals surface area (Å²) in [5.74, 6) is 2.47. The van der Waals surface area contributed by atoms with Crippen LogP contribution < -0.4 is 10.6 Å². The van der Waals surface area contributed by atoms with Crippen LogP contribution in [0.15, 0.2) is 36.4 Å². The first-order valence-electron chi connectivity index (χ1n) is 10.1. The van der Waals surface area contributed by atoms with Crippen LogP contribution in [0.25, 0.3) is 11.1 Å². The highest BCUT2D eigenvalue weighted by Crippen LogP contribution is 2.39. The van der Waals surface area contributed by atoms with Crippen molar-refractivity contribution >= 4 is 52.5 Å². The fraction of sp³-hybridized carbons (Fsp3) is 0.348. The van der Waals surface area contributed by atoms with E-state index in [4.69, 9.17) is 0 Å². The van der Waals surface area contributed by atoms with Crippen molar-refractivity contribution in [3.05, 3.63) is 47.5 Å². The molecule has 3 rings (SSSR count). The number of rotatable bonds is 10. The maximum absolute atomic E-state index is 13.0. The minimum absolute atomic E-state index is 0.0673. The number of hydrogen-bond acceptors (Lipinski definition) is 5. The molecule has 0 radical (unpaired) electrons. The Hall–Kier alpha value is -2.25. The third kappa shape index (κ3) is 5.46. The van der Waals surface area contributed by atoms with Gasteiger partial charge in [-0.25, -0.2) is 0 Å². The van der Waals surface area contributed by atoms with Gasteiger partial charge in [-0.2, -0.15) is 23.5 Å². The smallest absolute Gasteiger partial charge is 0.234 e. The van der Waals surface area contributed by atoms with Gasteiger partial charge >= 0.3 is 0 Å². The number of hydrogen-bond donors (Lipinski definition) is 2. The van der Waals surface area contributed by atoms with Crippen molar-refractivity contribution in [3.8, 4) is 11.1 Å². The Morgan fingerprint density at radius 2 is 1.17 bits per heavy atom. The average molecular weight is 443 g/mol. The molecule has 0 bridgehead atoms. The molecule has 7 heteroatoms. The van der Waals surface area contributed by atoms with Crippen LogP contribution in [0, 0.1) is 0 Å². The molecule has 0 fully saturated rings. The molecular weight excluding hydrogens is 416 g/mol. The van der Waals surface area contributed by atoms with E-state index in [2.05, 4.69) is 24.5 Å². The summed E-state index contributed by atoms with van der Waals surface area (Å²) in [6.45, 7) is 4.16. The van der Waals surface area contributed by atoms with Crippen molar-refractivity contribution in [3.63, 3.8) is 0 Å². The molecule has 1 aliphatic rings. The zero-order valence-electron chi connectivity index (χ0n) is 17.2. The number of benzene rings is 2. The van der Waals surface area contributed by atoms with E-state index >= 15 is 0 Å². The Kier molecular flexibility index (Phi) is 7.99. The summed E-state index contributed by atoms with van der Waals surface area (Å²) < 4.78 is 0. The van der Waals surface area contributed by atoms with E-state index in [1.165, 1.54) is 0 Å². The van der Waals surface area contributed by atoms with Gasteiger partial charge in [0, 0.05) is 22.5 Å². The zero-order valence-corrected chi connectivity index (χ0v) is 18.9. The maximum atomic E-state index is 13.0. The SMILES string of the molecule is CCCSCC(=O)Nc1ccc2c(c1)C(=O)c1cc(NC(=O)CSCCC)ccc1-2. The lowest BCUT2D eigenvalue weighted by molar-refractivity contribution is -0.114. The second kappa shape index (κ2) is 10.7. The van der Waals surface area contributed by atoms with E-state index in [0.29, 0.717) is 34.0 Å². The summed E-state index contributed by atoms with van der Waals surface area (Å²) in [7, 11) is 0. The number of ketones is 1. The van der Waals surface area contributed by atoms with Crippen LogP contribution in [-0.4, -0.2) is 40.6 Å². The molecule has 1 aliphatic carbocycles. The molecule has 0 unspecified atom stereocenters. The van der Waals surface area contributed by atoms with Crippen LogP contribution in [0.3, 0.4) is 0 Å². The molecule has 0 heterocycles. The molecule has 2 amide bonds. The molecule has 30 heavy (non-hydrogen) atoms. The minimum Gasteiger partial charge on any atom is -0.325 e. The Labute approximate surface area is 185 Å². The van der Waals surface area contributed by atoms with Gasteiger partial charge in [-0.05, 0) is 59.7 Å². The summed E-state index contributed by atoms with van der Waals surface area (Å²) >= 11 is 3.19. The molecule has 0 atom stereocenters. The Bertz CT molecular complexity index is 884. The molecule has 0 aliphatic heterocycles. The minimum atomic E-state index is -0.0899. The van der Waals surface area contributed by atoms with E-state index < -0.39 is 0 Å². The first kappa shape index (κ1) is 22.4. The first-order chi connectivity index (χ1) is 14.5. The van der Waals surface area contributed by atoms with Crippen LogP contribution in [-0.2, 0) is 9.59 Å². The topological polar surface area (TPSA) is 75.3 Å². The monoisotopic (exact) mass is 442 g/mol. The van der Waals surface area contributed by atoms with Gasteiger partial charge in [-0.15, -0.1) is 0 Å². The molecular formula is C23H26N2O3S2. The lowest BCUT2D eigenvalue weighted by Gasteiger charge is -2.07. The number of fused-ring (bicyclic) bond motifs is 3. The lowest BCUT2D eigenvalue weighted by atomic mass is 10.0. The van der Waals surface area contributed by atoms with Crippen molar-refractivity contribution in [2.75, 3.05) is 33.6 Å². The van der Waals surface area contributed by atoms with Crippen molar-refractivity contribution in [1.29, 1.82) is 0 Å². The molecule has 2 aromatic carbocycles. The third-order valence-corrected chi connectivity index (χ3v) is 6.88. The summed E-state index contributed by atoms with van der Waals surface area (Å²) in [5.41, 5.74) is 4.10. The molecule has 2 aromatic rings. The normalized spacial score (nSPS) is 11.7. The van der Waals surface area contributed by atoms with Crippen LogP contribution in [0.4, 0.5) is 11.4 Å². The predicted molar refractivity (Wildman–Crippen MR) is 128 cm³/mol. The van der Waals surface area contributed by atoms with Gasteiger partial charge in [0.15, 0.2) is 5.78 Å². The van der Waals surface area contributed by atoms with Gasteiger partial charge < -0.3 is 10.6 Å². The van der Waals surface area contributed by atoms with Gasteiger partial charge in [-0.1, -0.05) is 26.0 Å². The summed E-state index contributed by atoms with van der Waals surface area (Å²) in [6, 6.07) is 10.9. The van der Waals surface area contributed by atoms with Gasteiger partial charge in [0.05, 0.1) is 11.5 Å². The van der Waals surface area contributed by atoms with E-state index in [1.807, 2.05) is 24.3 Å². The first-order valence-corrected chi connectivity index (χ1v) is 12.4. The zero-order chi connectivity index (χ0) is 21.5. The van der Waals surface area contributed by atoms with Crippen LogP contribution in [0.1, 0.15) is 42.6 Å². The van der Waals surface area contributed by atoms with E-state index in [9.17, 15) is 14.4 Å². The van der Waals surface area contributed by atoms with Crippen molar-refractivity contribution in [2.45, 2.75) is 26.7 Å². The Balaban J connectivity index is 1.70. The second-order valence-corrected chi connectivity index (χ2v) is 9.26. The summed E-state index contributed by atoms with van der Waals surface area (Å²) in [6.07, 6.45) is 2.06. The molecule has 0 saturated heterocycles. The molecule has 0 saturated carbocycles. The second-order valence-electron chi connectivity index (χ2n) is 7.05. The number of carbonyl (C=O) groups excluding carboxylic acids is 3. The molecule has 158 valence electrons. The van der Waals surface area contributed by atoms with Crippen LogP contribution in [0.5, 0.6) is 0 Å². The van der Waals surface area contributed by atoms with E-state index in [0.717, 1.165) is 35.5 Å². The maximum Gasteiger partial charge on any atom is 0.234 e. The van der Waals surface area contributed by atoms with Crippen molar-refractivity contribution < 1.29 is 14.4 Å². The Morgan fingerprint density at radius 1 is 0.733 bits per heavy atom. The third-order valence-electron chi connectivity index (χ3n) is 4.55. The fourth-order valence-electron chi connectivity index (χ4n) is 3.25. The average Bonchev–Trinajstić information content (AvgIpc) is 3.00. The van der Waals surface area contributed by atoms with E-state index in [1.54, 1.807) is 35.7 Å². The predicted octanol–water partition coefficient (Wildman–Crippen LogP) is 5.06. The van der Waals surface area contributed by atoms with Crippen molar-refractivity contribution in [2.24, 2.45) is 0 Å². The van der Waals surface area contributed by atoms with Crippen LogP contribution in [0.2, 0.25) is 0 Å². The van der Waals surface area contributed by atoms with Gasteiger partial charge in [0.2, 0.25) is 11.8 Å². The van der Waals surface area contributed by atoms with E-state index in [-0.39, 0.29) is 17.6 Å². The number of thioether (sulfide) groups is 2. The molecule has 5 nitrogen and oxygen atoms in total. The number of anilines is 2. The largest absolute Gasteiger partial charge is 0.325 e. The summed E-state index contributed by atoms with van der Waals surface area (Å²) in [5, 5.41) is 5.74. The number of amides is 2. The van der Waals surface area contributed by atoms with Crippen LogP contribution >= 0.6 is 23.5 Å². The number of carbonyl (C=O) groups is 3.